The molecule has 3 aromatic rings. The number of anilines is 2. The second kappa shape index (κ2) is 11.2. The summed E-state index contributed by atoms with van der Waals surface area (Å²) < 4.78 is 12.2. The molecule has 228 valence electrons. The lowest BCUT2D eigenvalue weighted by Crippen LogP contribution is -2.52. The van der Waals surface area contributed by atoms with Gasteiger partial charge in [-0.3, -0.25) is 4.90 Å². The molecule has 5 aliphatic heterocycles. The Hall–Kier alpha value is -2.94. The number of ether oxygens (including phenoxy) is 2. The van der Waals surface area contributed by atoms with Crippen molar-refractivity contribution in [3.8, 4) is 6.01 Å². The highest BCUT2D eigenvalue weighted by molar-refractivity contribution is 5.97. The van der Waals surface area contributed by atoms with E-state index in [1.807, 2.05) is 7.11 Å². The second-order valence-corrected chi connectivity index (χ2v) is 13.6. The van der Waals surface area contributed by atoms with Crippen LogP contribution in [-0.4, -0.2) is 85.0 Å². The summed E-state index contributed by atoms with van der Waals surface area (Å²) in [5.74, 6) is 1.12. The van der Waals surface area contributed by atoms with Crippen LogP contribution >= 0.6 is 0 Å². The second-order valence-electron chi connectivity index (χ2n) is 13.6. The van der Waals surface area contributed by atoms with Crippen molar-refractivity contribution < 1.29 is 9.47 Å². The first-order valence-electron chi connectivity index (χ1n) is 16.7. The SMILES string of the molecule is CCc1cccc2cccc(N3CCc4c(nc(OC[C@]56CCCN5[C@@H](COC)CC6)nc4N4CC5CCC(C4)N5)C3)c12. The number of rotatable bonds is 8. The number of aryl methyl sites for hydroxylation is 1. The molecule has 4 saturated heterocycles. The molecule has 5 aliphatic rings. The third kappa shape index (κ3) is 4.86. The van der Waals surface area contributed by atoms with Gasteiger partial charge in [-0.25, -0.2) is 0 Å². The molecule has 0 saturated carbocycles. The van der Waals surface area contributed by atoms with Crippen LogP contribution in [0.25, 0.3) is 10.8 Å². The van der Waals surface area contributed by atoms with Crippen LogP contribution in [0.5, 0.6) is 6.01 Å². The highest BCUT2D eigenvalue weighted by Crippen LogP contribution is 2.43. The van der Waals surface area contributed by atoms with Gasteiger partial charge >= 0.3 is 6.01 Å². The van der Waals surface area contributed by atoms with E-state index in [1.54, 1.807) is 0 Å². The van der Waals surface area contributed by atoms with E-state index in [1.165, 1.54) is 59.7 Å². The molecule has 1 aromatic heterocycles. The van der Waals surface area contributed by atoms with E-state index in [4.69, 9.17) is 19.4 Å². The topological polar surface area (TPSA) is 66.0 Å². The maximum absolute atomic E-state index is 6.67. The zero-order valence-corrected chi connectivity index (χ0v) is 25.9. The number of aromatic nitrogens is 2. The minimum atomic E-state index is 0.0856. The van der Waals surface area contributed by atoms with Gasteiger partial charge in [0.2, 0.25) is 0 Å². The van der Waals surface area contributed by atoms with Gasteiger partial charge < -0.3 is 24.6 Å². The zero-order chi connectivity index (χ0) is 29.0. The van der Waals surface area contributed by atoms with E-state index in [2.05, 4.69) is 63.3 Å². The van der Waals surface area contributed by atoms with E-state index in [9.17, 15) is 0 Å². The fraction of sp³-hybridized carbons (Fsp3) is 0.600. The van der Waals surface area contributed by atoms with Crippen LogP contribution in [0.3, 0.4) is 0 Å². The molecule has 43 heavy (non-hydrogen) atoms. The monoisotopic (exact) mass is 582 g/mol. The highest BCUT2D eigenvalue weighted by atomic mass is 16.5. The molecule has 2 bridgehead atoms. The summed E-state index contributed by atoms with van der Waals surface area (Å²) in [6.45, 7) is 8.64. The standard InChI is InChI=1S/C35H46N6O2/c1-3-24-7-4-8-25-9-5-10-31(32(24)25)39-18-14-29-30(21-39)37-34(38-33(29)40-19-26-11-12-27(20-40)36-26)43-23-35-15-6-17-41(35)28(13-16-35)22-42-2/h4-5,7-10,26-28,36H,3,6,11-23H2,1-2H3/t26?,27?,28-,35-/m1/s1. The van der Waals surface area contributed by atoms with Crippen LogP contribution in [0.2, 0.25) is 0 Å². The average molecular weight is 583 g/mol. The summed E-state index contributed by atoms with van der Waals surface area (Å²) in [5, 5.41) is 6.50. The molecule has 8 nitrogen and oxygen atoms in total. The third-order valence-corrected chi connectivity index (χ3v) is 11.1. The van der Waals surface area contributed by atoms with Gasteiger partial charge in [0, 0.05) is 61.5 Å². The smallest absolute Gasteiger partial charge is 0.318 e. The van der Waals surface area contributed by atoms with Gasteiger partial charge in [0.25, 0.3) is 0 Å². The molecule has 2 aromatic carbocycles. The Bertz CT molecular complexity index is 1480. The van der Waals surface area contributed by atoms with Crippen molar-refractivity contribution in [1.29, 1.82) is 0 Å². The first-order valence-corrected chi connectivity index (χ1v) is 16.7. The Labute approximate surface area is 255 Å². The van der Waals surface area contributed by atoms with E-state index < -0.39 is 0 Å². The van der Waals surface area contributed by atoms with E-state index >= 15 is 0 Å². The minimum Gasteiger partial charge on any atom is -0.461 e. The molecule has 0 aliphatic carbocycles. The van der Waals surface area contributed by atoms with Crippen LogP contribution < -0.4 is 19.9 Å². The molecule has 8 heteroatoms. The van der Waals surface area contributed by atoms with Crippen molar-refractivity contribution in [2.75, 3.05) is 56.3 Å². The molecule has 6 heterocycles. The number of nitrogens with zero attached hydrogens (tertiary/aromatic N) is 5. The van der Waals surface area contributed by atoms with E-state index in [0.29, 0.717) is 30.7 Å². The molecule has 4 fully saturated rings. The molecule has 0 spiro atoms. The van der Waals surface area contributed by atoms with Crippen molar-refractivity contribution in [3.05, 3.63) is 53.2 Å². The quantitative estimate of drug-likeness (QED) is 0.410. The molecule has 4 atom stereocenters. The van der Waals surface area contributed by atoms with Gasteiger partial charge in [-0.05, 0) is 74.9 Å². The Morgan fingerprint density at radius 3 is 2.63 bits per heavy atom. The van der Waals surface area contributed by atoms with Gasteiger partial charge in [-0.2, -0.15) is 9.97 Å². The largest absolute Gasteiger partial charge is 0.461 e. The number of benzene rings is 2. The molecule has 1 N–H and O–H groups in total. The van der Waals surface area contributed by atoms with Crippen LogP contribution in [0.15, 0.2) is 36.4 Å². The van der Waals surface area contributed by atoms with Crippen molar-refractivity contribution in [2.45, 2.75) is 88.5 Å². The lowest BCUT2D eigenvalue weighted by atomic mass is 9.95. The predicted molar refractivity (Wildman–Crippen MR) is 171 cm³/mol. The maximum atomic E-state index is 6.67. The van der Waals surface area contributed by atoms with Crippen molar-refractivity contribution in [2.24, 2.45) is 0 Å². The van der Waals surface area contributed by atoms with Gasteiger partial charge in [-0.1, -0.05) is 37.3 Å². The lowest BCUT2D eigenvalue weighted by Gasteiger charge is -2.38. The van der Waals surface area contributed by atoms with Gasteiger partial charge in [0.05, 0.1) is 24.4 Å². The summed E-state index contributed by atoms with van der Waals surface area (Å²) in [4.78, 5) is 18.1. The first kappa shape index (κ1) is 27.6. The van der Waals surface area contributed by atoms with Crippen molar-refractivity contribution in [1.82, 2.24) is 20.2 Å². The predicted octanol–water partition coefficient (Wildman–Crippen LogP) is 4.72. The van der Waals surface area contributed by atoms with Gasteiger partial charge in [0.1, 0.15) is 12.4 Å². The summed E-state index contributed by atoms with van der Waals surface area (Å²) in [6.07, 6.45) is 9.24. The van der Waals surface area contributed by atoms with Crippen LogP contribution in [0, 0.1) is 0 Å². The molecule has 0 radical (unpaired) electrons. The number of nitrogens with one attached hydrogen (secondary N) is 1. The Morgan fingerprint density at radius 2 is 1.81 bits per heavy atom. The molecular formula is C35H46N6O2. The number of hydrogen-bond acceptors (Lipinski definition) is 8. The first-order chi connectivity index (χ1) is 21.1. The van der Waals surface area contributed by atoms with Crippen LogP contribution in [-0.2, 0) is 24.1 Å². The normalized spacial score (nSPS) is 28.5. The lowest BCUT2D eigenvalue weighted by molar-refractivity contribution is 0.0519. The summed E-state index contributed by atoms with van der Waals surface area (Å²) in [6, 6.07) is 15.6. The fourth-order valence-electron chi connectivity index (χ4n) is 9.03. The summed E-state index contributed by atoms with van der Waals surface area (Å²) >= 11 is 0. The van der Waals surface area contributed by atoms with Gasteiger partial charge in [0.15, 0.2) is 0 Å². The van der Waals surface area contributed by atoms with Crippen LogP contribution in [0.4, 0.5) is 11.5 Å². The Balaban J connectivity index is 1.12. The highest BCUT2D eigenvalue weighted by Gasteiger charge is 2.50. The summed E-state index contributed by atoms with van der Waals surface area (Å²) in [7, 11) is 1.82. The molecule has 8 rings (SSSR count). The fourth-order valence-corrected chi connectivity index (χ4v) is 9.03. The van der Waals surface area contributed by atoms with E-state index in [0.717, 1.165) is 70.1 Å². The Kier molecular flexibility index (Phi) is 7.19. The van der Waals surface area contributed by atoms with Crippen LogP contribution in [0.1, 0.15) is 62.3 Å². The molecule has 0 amide bonds. The third-order valence-electron chi connectivity index (χ3n) is 11.1. The van der Waals surface area contributed by atoms with Gasteiger partial charge in [-0.15, -0.1) is 0 Å². The molecular weight excluding hydrogens is 536 g/mol. The number of methoxy groups -OCH3 is 1. The Morgan fingerprint density at radius 1 is 0.977 bits per heavy atom. The van der Waals surface area contributed by atoms with Crippen molar-refractivity contribution in [3.63, 3.8) is 0 Å². The molecule has 2 unspecified atom stereocenters. The average Bonchev–Trinajstić information content (AvgIpc) is 3.72. The summed E-state index contributed by atoms with van der Waals surface area (Å²) in [5.41, 5.74) is 5.27. The van der Waals surface area contributed by atoms with Crippen molar-refractivity contribution >= 4 is 22.3 Å². The number of fused-ring (bicyclic) bond motifs is 5. The number of piperazine rings is 1. The number of hydrogen-bond donors (Lipinski definition) is 1. The minimum absolute atomic E-state index is 0.0856. The zero-order valence-electron chi connectivity index (χ0n) is 25.9. The maximum Gasteiger partial charge on any atom is 0.318 e. The van der Waals surface area contributed by atoms with E-state index in [-0.39, 0.29) is 5.54 Å².